The highest BCUT2D eigenvalue weighted by Crippen LogP contribution is 2.17. The van der Waals surface area contributed by atoms with Crippen LogP contribution in [0.4, 0.5) is 0 Å². The number of hydrogen-bond acceptors (Lipinski definition) is 5. The van der Waals surface area contributed by atoms with Crippen molar-refractivity contribution in [2.24, 2.45) is 0 Å². The Morgan fingerprint density at radius 1 is 1.13 bits per heavy atom. The molecule has 0 aliphatic carbocycles. The van der Waals surface area contributed by atoms with Gasteiger partial charge in [-0.2, -0.15) is 4.52 Å². The topological polar surface area (TPSA) is 101 Å². The van der Waals surface area contributed by atoms with Gasteiger partial charge in [-0.1, -0.05) is 48.5 Å². The molecule has 0 aliphatic rings. The van der Waals surface area contributed by atoms with E-state index in [9.17, 15) is 9.59 Å². The molecule has 8 heteroatoms. The number of amides is 1. The van der Waals surface area contributed by atoms with Crippen molar-refractivity contribution in [1.82, 2.24) is 24.9 Å². The number of H-pyrrole nitrogens is 1. The Hall–Kier alpha value is -3.94. The molecule has 1 atom stereocenters. The molecule has 0 fully saturated rings. The summed E-state index contributed by atoms with van der Waals surface area (Å²) in [4.78, 5) is 33.7. The zero-order valence-corrected chi connectivity index (χ0v) is 17.1. The normalized spacial score (nSPS) is 11.9. The first-order valence-corrected chi connectivity index (χ1v) is 10.1. The Kier molecular flexibility index (Phi) is 6.07. The molecule has 2 aromatic heterocycles. The largest absolute Gasteiger partial charge is 0.491 e. The standard InChI is InChI=1S/C23H23N5O3/c1-16-19(22(30)28-23(26-16)24-15-25-28)12-13-21(29)27-20(17-8-4-2-5-9-17)14-31-18-10-6-3-7-11-18/h2-11,15,20H,12-14H2,1H3,(H,27,29)(H,24,25,26). The molecule has 2 N–H and O–H groups in total. The summed E-state index contributed by atoms with van der Waals surface area (Å²) in [5.74, 6) is 0.886. The number of carbonyl (C=O) groups is 1. The van der Waals surface area contributed by atoms with Crippen molar-refractivity contribution in [2.45, 2.75) is 25.8 Å². The van der Waals surface area contributed by atoms with Gasteiger partial charge >= 0.3 is 0 Å². The molecule has 2 heterocycles. The van der Waals surface area contributed by atoms with E-state index in [1.165, 1.54) is 10.8 Å². The van der Waals surface area contributed by atoms with Crippen molar-refractivity contribution in [3.63, 3.8) is 0 Å². The van der Waals surface area contributed by atoms with Gasteiger partial charge in [0.05, 0.1) is 11.7 Å². The molecule has 0 radical (unpaired) electrons. The highest BCUT2D eigenvalue weighted by atomic mass is 16.5. The average Bonchev–Trinajstić information content (AvgIpc) is 3.26. The third kappa shape index (κ3) is 4.80. The number of nitrogens with zero attached hydrogens (tertiary/aromatic N) is 3. The number of para-hydroxylation sites is 1. The number of ether oxygens (including phenoxy) is 1. The van der Waals surface area contributed by atoms with Gasteiger partial charge in [0.1, 0.15) is 18.7 Å². The molecule has 31 heavy (non-hydrogen) atoms. The number of aromatic nitrogens is 4. The van der Waals surface area contributed by atoms with Gasteiger partial charge in [0, 0.05) is 12.0 Å². The second-order valence-corrected chi connectivity index (χ2v) is 7.16. The lowest BCUT2D eigenvalue weighted by Gasteiger charge is -2.20. The quantitative estimate of drug-likeness (QED) is 0.459. The van der Waals surface area contributed by atoms with Crippen LogP contribution >= 0.6 is 0 Å². The van der Waals surface area contributed by atoms with E-state index < -0.39 is 0 Å². The Bertz CT molecular complexity index is 1220. The van der Waals surface area contributed by atoms with E-state index >= 15 is 0 Å². The zero-order valence-electron chi connectivity index (χ0n) is 17.1. The highest BCUT2D eigenvalue weighted by Gasteiger charge is 2.17. The number of fused-ring (bicyclic) bond motifs is 1. The lowest BCUT2D eigenvalue weighted by Crippen LogP contribution is -2.33. The van der Waals surface area contributed by atoms with Crippen molar-refractivity contribution in [3.8, 4) is 5.75 Å². The smallest absolute Gasteiger partial charge is 0.277 e. The van der Waals surface area contributed by atoms with Gasteiger partial charge < -0.3 is 10.1 Å². The molecule has 0 bridgehead atoms. The van der Waals surface area contributed by atoms with Gasteiger partial charge in [-0.15, -0.1) is 0 Å². The maximum atomic E-state index is 12.7. The SMILES string of the molecule is Cc1nc2nc[nH]n2c(=O)c1CCC(=O)NC(COc1ccccc1)c1ccccc1. The van der Waals surface area contributed by atoms with Crippen LogP contribution < -0.4 is 15.6 Å². The van der Waals surface area contributed by atoms with Crippen molar-refractivity contribution in [3.05, 3.63) is 94.2 Å². The summed E-state index contributed by atoms with van der Waals surface area (Å²) in [5.41, 5.74) is 1.79. The van der Waals surface area contributed by atoms with Gasteiger partial charge in [-0.05, 0) is 31.0 Å². The molecule has 1 amide bonds. The van der Waals surface area contributed by atoms with Crippen LogP contribution in [-0.4, -0.2) is 32.1 Å². The number of benzene rings is 2. The molecular formula is C23H23N5O3. The molecule has 4 aromatic rings. The molecular weight excluding hydrogens is 394 g/mol. The van der Waals surface area contributed by atoms with Crippen molar-refractivity contribution < 1.29 is 9.53 Å². The summed E-state index contributed by atoms with van der Waals surface area (Å²) in [6, 6.07) is 18.8. The number of aryl methyl sites for hydroxylation is 1. The van der Waals surface area contributed by atoms with E-state index in [1.54, 1.807) is 6.92 Å². The fraction of sp³-hybridized carbons (Fsp3) is 0.217. The summed E-state index contributed by atoms with van der Waals surface area (Å²) >= 11 is 0. The van der Waals surface area contributed by atoms with Gasteiger partial charge in [-0.25, -0.2) is 9.97 Å². The number of carbonyl (C=O) groups excluding carboxylic acids is 1. The van der Waals surface area contributed by atoms with Crippen LogP contribution in [-0.2, 0) is 11.2 Å². The van der Waals surface area contributed by atoms with E-state index in [2.05, 4.69) is 20.4 Å². The Labute approximate surface area is 178 Å². The predicted octanol–water partition coefficient (Wildman–Crippen LogP) is 2.60. The van der Waals surface area contributed by atoms with E-state index in [1.807, 2.05) is 60.7 Å². The molecule has 8 nitrogen and oxygen atoms in total. The molecule has 0 spiro atoms. The van der Waals surface area contributed by atoms with E-state index in [0.29, 0.717) is 23.6 Å². The fourth-order valence-electron chi connectivity index (χ4n) is 3.39. The van der Waals surface area contributed by atoms with Crippen LogP contribution in [0.25, 0.3) is 5.78 Å². The van der Waals surface area contributed by atoms with Crippen LogP contribution in [0, 0.1) is 6.92 Å². The predicted molar refractivity (Wildman–Crippen MR) is 116 cm³/mol. The van der Waals surface area contributed by atoms with Crippen LogP contribution in [0.5, 0.6) is 5.75 Å². The van der Waals surface area contributed by atoms with Crippen molar-refractivity contribution in [1.29, 1.82) is 0 Å². The van der Waals surface area contributed by atoms with E-state index in [0.717, 1.165) is 11.3 Å². The first-order chi connectivity index (χ1) is 15.1. The first kappa shape index (κ1) is 20.3. The summed E-state index contributed by atoms with van der Waals surface area (Å²) in [6.07, 6.45) is 1.86. The van der Waals surface area contributed by atoms with E-state index in [4.69, 9.17) is 4.74 Å². The van der Waals surface area contributed by atoms with E-state index in [-0.39, 0.29) is 30.3 Å². The van der Waals surface area contributed by atoms with Gasteiger partial charge in [0.2, 0.25) is 5.91 Å². The minimum absolute atomic E-state index is 0.159. The summed E-state index contributed by atoms with van der Waals surface area (Å²) < 4.78 is 7.15. The summed E-state index contributed by atoms with van der Waals surface area (Å²) in [7, 11) is 0. The zero-order chi connectivity index (χ0) is 21.6. The third-order valence-electron chi connectivity index (χ3n) is 5.03. The minimum Gasteiger partial charge on any atom is -0.491 e. The first-order valence-electron chi connectivity index (χ1n) is 10.1. The van der Waals surface area contributed by atoms with Crippen LogP contribution in [0.15, 0.2) is 71.8 Å². The number of aromatic amines is 1. The van der Waals surface area contributed by atoms with Gasteiger partial charge in [0.25, 0.3) is 11.3 Å². The van der Waals surface area contributed by atoms with Crippen LogP contribution in [0.3, 0.4) is 0 Å². The lowest BCUT2D eigenvalue weighted by atomic mass is 10.1. The molecule has 0 saturated heterocycles. The van der Waals surface area contributed by atoms with Crippen LogP contribution in [0.1, 0.15) is 29.3 Å². The van der Waals surface area contributed by atoms with Gasteiger partial charge in [-0.3, -0.25) is 14.7 Å². The molecule has 0 saturated carbocycles. The van der Waals surface area contributed by atoms with Crippen LogP contribution in [0.2, 0.25) is 0 Å². The highest BCUT2D eigenvalue weighted by molar-refractivity contribution is 5.76. The summed E-state index contributed by atoms with van der Waals surface area (Å²) in [5, 5.41) is 5.77. The molecule has 4 rings (SSSR count). The number of nitrogens with one attached hydrogen (secondary N) is 2. The Morgan fingerprint density at radius 2 is 1.84 bits per heavy atom. The maximum absolute atomic E-state index is 12.7. The minimum atomic E-state index is -0.315. The fourth-order valence-corrected chi connectivity index (χ4v) is 3.39. The molecule has 2 aromatic carbocycles. The van der Waals surface area contributed by atoms with Crippen molar-refractivity contribution in [2.75, 3.05) is 6.61 Å². The molecule has 158 valence electrons. The third-order valence-corrected chi connectivity index (χ3v) is 5.03. The second-order valence-electron chi connectivity index (χ2n) is 7.16. The van der Waals surface area contributed by atoms with Crippen molar-refractivity contribution >= 4 is 11.7 Å². The monoisotopic (exact) mass is 417 g/mol. The molecule has 0 aliphatic heterocycles. The maximum Gasteiger partial charge on any atom is 0.277 e. The Morgan fingerprint density at radius 3 is 2.58 bits per heavy atom. The number of hydrogen-bond donors (Lipinski definition) is 2. The lowest BCUT2D eigenvalue weighted by molar-refractivity contribution is -0.122. The number of rotatable bonds is 8. The summed E-state index contributed by atoms with van der Waals surface area (Å²) in [6.45, 7) is 2.05. The Balaban J connectivity index is 1.44. The average molecular weight is 417 g/mol. The second kappa shape index (κ2) is 9.25. The van der Waals surface area contributed by atoms with Gasteiger partial charge in [0.15, 0.2) is 0 Å². The molecule has 1 unspecified atom stereocenters.